The summed E-state index contributed by atoms with van der Waals surface area (Å²) in [6, 6.07) is 3.31. The van der Waals surface area contributed by atoms with Gasteiger partial charge >= 0.3 is 5.97 Å². The summed E-state index contributed by atoms with van der Waals surface area (Å²) in [5.41, 5.74) is 0.117. The van der Waals surface area contributed by atoms with Crippen LogP contribution in [0.15, 0.2) is 12.1 Å². The van der Waals surface area contributed by atoms with Gasteiger partial charge in [0, 0.05) is 6.42 Å². The van der Waals surface area contributed by atoms with Gasteiger partial charge in [0.15, 0.2) is 0 Å². The fourth-order valence-corrected chi connectivity index (χ4v) is 2.12. The lowest BCUT2D eigenvalue weighted by molar-refractivity contribution is -0.142. The zero-order valence-corrected chi connectivity index (χ0v) is 9.60. The first-order valence-corrected chi connectivity index (χ1v) is 5.29. The molecule has 0 amide bonds. The number of cyclic esters (lactones) is 1. The molecule has 1 aromatic heterocycles. The van der Waals surface area contributed by atoms with Crippen molar-refractivity contribution < 1.29 is 9.53 Å². The molecule has 1 aliphatic heterocycles. The standard InChI is InChI=1S/C10H9Cl2NO2/c1-10(2-3-15-9(10)14)6-4-7(11)13-8(12)5-6/h4-5H,2-3H2,1H3. The second-order valence-electron chi connectivity index (χ2n) is 3.72. The largest absolute Gasteiger partial charge is 0.465 e. The predicted octanol–water partition coefficient (Wildman–Crippen LogP) is 2.59. The van der Waals surface area contributed by atoms with E-state index >= 15 is 0 Å². The van der Waals surface area contributed by atoms with Crippen LogP contribution in [0.25, 0.3) is 0 Å². The summed E-state index contributed by atoms with van der Waals surface area (Å²) >= 11 is 11.6. The van der Waals surface area contributed by atoms with Crippen molar-refractivity contribution in [2.45, 2.75) is 18.8 Å². The summed E-state index contributed by atoms with van der Waals surface area (Å²) in [5.74, 6) is -0.235. The first-order valence-electron chi connectivity index (χ1n) is 4.53. The maximum atomic E-state index is 11.6. The third kappa shape index (κ3) is 1.82. The minimum atomic E-state index is -0.643. The SMILES string of the molecule is CC1(c2cc(Cl)nc(Cl)c2)CCOC1=O. The number of nitrogens with zero attached hydrogens (tertiary/aromatic N) is 1. The van der Waals surface area contributed by atoms with Gasteiger partial charge in [0.25, 0.3) is 0 Å². The van der Waals surface area contributed by atoms with E-state index in [9.17, 15) is 4.79 Å². The number of aromatic nitrogens is 1. The molecular weight excluding hydrogens is 237 g/mol. The van der Waals surface area contributed by atoms with Crippen LogP contribution in [0.2, 0.25) is 10.3 Å². The van der Waals surface area contributed by atoms with Crippen molar-refractivity contribution in [1.29, 1.82) is 0 Å². The second-order valence-corrected chi connectivity index (χ2v) is 4.49. The van der Waals surface area contributed by atoms with Crippen molar-refractivity contribution in [1.82, 2.24) is 4.98 Å². The molecule has 1 unspecified atom stereocenters. The number of pyridine rings is 1. The van der Waals surface area contributed by atoms with Crippen molar-refractivity contribution in [3.63, 3.8) is 0 Å². The molecule has 0 aromatic carbocycles. The van der Waals surface area contributed by atoms with E-state index in [1.165, 1.54) is 0 Å². The molecule has 1 atom stereocenters. The van der Waals surface area contributed by atoms with E-state index in [0.717, 1.165) is 5.56 Å². The van der Waals surface area contributed by atoms with Crippen LogP contribution in [-0.2, 0) is 14.9 Å². The lowest BCUT2D eigenvalue weighted by Gasteiger charge is -2.19. The lowest BCUT2D eigenvalue weighted by Crippen LogP contribution is -2.27. The van der Waals surface area contributed by atoms with E-state index in [0.29, 0.717) is 23.3 Å². The molecule has 2 rings (SSSR count). The summed E-state index contributed by atoms with van der Waals surface area (Å²) in [7, 11) is 0. The van der Waals surface area contributed by atoms with Crippen molar-refractivity contribution in [3.05, 3.63) is 28.0 Å². The molecule has 1 saturated heterocycles. The molecular formula is C10H9Cl2NO2. The summed E-state index contributed by atoms with van der Waals surface area (Å²) in [6.45, 7) is 2.26. The predicted molar refractivity (Wildman–Crippen MR) is 57.2 cm³/mol. The molecule has 3 nitrogen and oxygen atoms in total. The Labute approximate surface area is 97.4 Å². The van der Waals surface area contributed by atoms with Crippen molar-refractivity contribution in [3.8, 4) is 0 Å². The highest BCUT2D eigenvalue weighted by atomic mass is 35.5. The van der Waals surface area contributed by atoms with E-state index in [-0.39, 0.29) is 5.97 Å². The lowest BCUT2D eigenvalue weighted by atomic mass is 9.82. The van der Waals surface area contributed by atoms with Crippen LogP contribution in [0.1, 0.15) is 18.9 Å². The van der Waals surface area contributed by atoms with Gasteiger partial charge in [0.2, 0.25) is 0 Å². The van der Waals surface area contributed by atoms with E-state index < -0.39 is 5.41 Å². The number of rotatable bonds is 1. The third-order valence-corrected chi connectivity index (χ3v) is 3.07. The Bertz CT molecular complexity index is 402. The summed E-state index contributed by atoms with van der Waals surface area (Å²) < 4.78 is 4.96. The fraction of sp³-hybridized carbons (Fsp3) is 0.400. The molecule has 1 fully saturated rings. The molecule has 0 spiro atoms. The topological polar surface area (TPSA) is 39.2 Å². The van der Waals surface area contributed by atoms with Gasteiger partial charge in [-0.2, -0.15) is 0 Å². The molecule has 15 heavy (non-hydrogen) atoms. The van der Waals surface area contributed by atoms with E-state index in [4.69, 9.17) is 27.9 Å². The number of carbonyl (C=O) groups excluding carboxylic acids is 1. The number of carbonyl (C=O) groups is 1. The average Bonchev–Trinajstić information content (AvgIpc) is 2.47. The average molecular weight is 246 g/mol. The zero-order valence-electron chi connectivity index (χ0n) is 8.09. The Morgan fingerprint density at radius 2 is 2.00 bits per heavy atom. The van der Waals surface area contributed by atoms with Gasteiger partial charge in [-0.05, 0) is 24.6 Å². The van der Waals surface area contributed by atoms with Crippen LogP contribution in [0.4, 0.5) is 0 Å². The molecule has 0 bridgehead atoms. The van der Waals surface area contributed by atoms with Crippen molar-refractivity contribution in [2.24, 2.45) is 0 Å². The van der Waals surface area contributed by atoms with Gasteiger partial charge in [0.1, 0.15) is 10.3 Å². The Kier molecular flexibility index (Phi) is 2.61. The highest BCUT2D eigenvalue weighted by Crippen LogP contribution is 2.35. The molecule has 0 N–H and O–H groups in total. The molecule has 0 radical (unpaired) electrons. The minimum absolute atomic E-state index is 0.235. The number of halogens is 2. The summed E-state index contributed by atoms with van der Waals surface area (Å²) in [4.78, 5) is 15.4. The van der Waals surface area contributed by atoms with Crippen molar-refractivity contribution >= 4 is 29.2 Å². The molecule has 80 valence electrons. The first-order chi connectivity index (χ1) is 7.02. The summed E-state index contributed by atoms with van der Waals surface area (Å²) in [5, 5.41) is 0.580. The fourth-order valence-electron chi connectivity index (χ4n) is 1.65. The highest BCUT2D eigenvalue weighted by molar-refractivity contribution is 6.32. The normalized spacial score (nSPS) is 25.4. The van der Waals surface area contributed by atoms with Crippen LogP contribution in [0.5, 0.6) is 0 Å². The Morgan fingerprint density at radius 1 is 1.40 bits per heavy atom. The van der Waals surface area contributed by atoms with Gasteiger partial charge in [-0.15, -0.1) is 0 Å². The number of hydrogen-bond donors (Lipinski definition) is 0. The van der Waals surface area contributed by atoms with E-state index in [2.05, 4.69) is 4.98 Å². The van der Waals surface area contributed by atoms with Crippen LogP contribution < -0.4 is 0 Å². The zero-order chi connectivity index (χ0) is 11.1. The quantitative estimate of drug-likeness (QED) is 0.564. The van der Waals surface area contributed by atoms with Crippen LogP contribution >= 0.6 is 23.2 Å². The number of hydrogen-bond acceptors (Lipinski definition) is 3. The van der Waals surface area contributed by atoms with Crippen LogP contribution in [-0.4, -0.2) is 17.6 Å². The second kappa shape index (κ2) is 3.65. The van der Waals surface area contributed by atoms with E-state index in [1.807, 2.05) is 6.92 Å². The molecule has 1 aromatic rings. The van der Waals surface area contributed by atoms with Crippen LogP contribution in [0, 0.1) is 0 Å². The van der Waals surface area contributed by atoms with Gasteiger partial charge in [-0.1, -0.05) is 23.2 Å². The van der Waals surface area contributed by atoms with Gasteiger partial charge in [0.05, 0.1) is 12.0 Å². The molecule has 5 heteroatoms. The Hall–Kier alpha value is -0.800. The monoisotopic (exact) mass is 245 g/mol. The summed E-state index contributed by atoms with van der Waals surface area (Å²) in [6.07, 6.45) is 0.641. The number of ether oxygens (including phenoxy) is 1. The molecule has 0 aliphatic carbocycles. The smallest absolute Gasteiger partial charge is 0.316 e. The maximum Gasteiger partial charge on any atom is 0.316 e. The first kappa shape index (κ1) is 10.7. The van der Waals surface area contributed by atoms with E-state index in [1.54, 1.807) is 12.1 Å². The Morgan fingerprint density at radius 3 is 2.47 bits per heavy atom. The minimum Gasteiger partial charge on any atom is -0.465 e. The van der Waals surface area contributed by atoms with Gasteiger partial charge in [-0.25, -0.2) is 4.98 Å². The highest BCUT2D eigenvalue weighted by Gasteiger charge is 2.41. The molecule has 2 heterocycles. The number of esters is 1. The van der Waals surface area contributed by atoms with Crippen LogP contribution in [0.3, 0.4) is 0 Å². The molecule has 0 saturated carbocycles. The third-order valence-electron chi connectivity index (χ3n) is 2.69. The van der Waals surface area contributed by atoms with Gasteiger partial charge in [-0.3, -0.25) is 4.79 Å². The van der Waals surface area contributed by atoms with Crippen molar-refractivity contribution in [2.75, 3.05) is 6.61 Å². The maximum absolute atomic E-state index is 11.6. The Balaban J connectivity index is 2.48. The van der Waals surface area contributed by atoms with Gasteiger partial charge < -0.3 is 4.74 Å². The molecule has 1 aliphatic rings.